The highest BCUT2D eigenvalue weighted by Gasteiger charge is 2.32. The van der Waals surface area contributed by atoms with Crippen molar-refractivity contribution >= 4 is 345 Å². The van der Waals surface area contributed by atoms with E-state index in [0.717, 1.165) is 11.2 Å². The fourth-order valence-corrected chi connectivity index (χ4v) is 13.1. The van der Waals surface area contributed by atoms with Gasteiger partial charge in [-0.05, 0) is 76.5 Å². The second-order valence-corrected chi connectivity index (χ2v) is 21.3. The summed E-state index contributed by atoms with van der Waals surface area (Å²) in [6, 6.07) is 15.8. The molecular weight excluding hydrogens is 796 g/mol. The molecule has 0 saturated heterocycles. The third kappa shape index (κ3) is 6.00. The summed E-state index contributed by atoms with van der Waals surface area (Å²) in [7, 11) is 49.6. The van der Waals surface area contributed by atoms with E-state index in [1.54, 1.807) is 0 Å². The minimum atomic E-state index is 1.03. The van der Waals surface area contributed by atoms with Crippen LogP contribution in [0.25, 0.3) is 98.4 Å². The van der Waals surface area contributed by atoms with Crippen molar-refractivity contribution in [2.24, 2.45) is 0 Å². The molecular formula is C46H49B21O. The third-order valence-corrected chi connectivity index (χ3v) is 18.8. The van der Waals surface area contributed by atoms with Gasteiger partial charge in [-0.1, -0.05) is 119 Å². The lowest BCUT2D eigenvalue weighted by Crippen LogP contribution is -2.51. The van der Waals surface area contributed by atoms with Crippen LogP contribution in [0.5, 0.6) is 0 Å². The molecule has 1 nitrogen and oxygen atoms in total. The summed E-state index contributed by atoms with van der Waals surface area (Å²) in [4.78, 5) is 0. The number of fused-ring (bicyclic) bond motifs is 7. The molecule has 1 heterocycles. The van der Waals surface area contributed by atoms with Crippen LogP contribution in [0.1, 0.15) is 0 Å². The SMILES string of the molecule is Bc1c(B)c(B)c2c(oc3c(B)c(B)c(-c4c5c(B)c(B)c(B)c(B)c5c(-c5c(B)c(B)c(-c6cccc7ccccc67)c6c(B)c(B)c(B)c(B)c56)c5c(B)c(B)c(B)c(B)c45)c(B)c32)c1B. The highest BCUT2D eigenvalue weighted by Crippen LogP contribution is 2.43. The zero-order chi connectivity index (χ0) is 49.2. The van der Waals surface area contributed by atoms with Crippen LogP contribution in [0.2, 0.25) is 0 Å². The van der Waals surface area contributed by atoms with Crippen LogP contribution in [0.4, 0.5) is 0 Å². The van der Waals surface area contributed by atoms with E-state index >= 15 is 0 Å². The van der Waals surface area contributed by atoms with Crippen LogP contribution in [-0.4, -0.2) is 165 Å². The molecule has 0 N–H and O–H groups in total. The topological polar surface area (TPSA) is 13.1 Å². The average molecular weight is 845 g/mol. The molecule has 9 aromatic carbocycles. The van der Waals surface area contributed by atoms with Crippen molar-refractivity contribution in [2.75, 3.05) is 0 Å². The molecule has 10 aromatic rings. The Hall–Kier alpha value is -4.82. The number of benzene rings is 9. The average Bonchev–Trinajstić information content (AvgIpc) is 3.74. The molecule has 0 radical (unpaired) electrons. The lowest BCUT2D eigenvalue weighted by Gasteiger charge is -2.32. The van der Waals surface area contributed by atoms with Gasteiger partial charge < -0.3 is 4.42 Å². The first-order valence-corrected chi connectivity index (χ1v) is 25.0. The molecule has 0 unspecified atom stereocenters. The Kier molecular flexibility index (Phi) is 11.1. The fraction of sp³-hybridized carbons (Fsp3) is 0. The van der Waals surface area contributed by atoms with Crippen LogP contribution in [0.15, 0.2) is 46.9 Å². The van der Waals surface area contributed by atoms with Crippen molar-refractivity contribution < 1.29 is 4.42 Å². The van der Waals surface area contributed by atoms with E-state index in [1.807, 2.05) is 0 Å². The standard InChI is InChI=1S/C46H49B21O/c47-24-21(33(56)43(66)45-22(24)23-34(57)41(64)42(65)44(67)46(23)68-45)13-18-15(28(51)36(59)38(61)30(18)53)12(16-19(13)31(54)39(62)37(60)29(16)52)17-20-14(27(50)35(58)40(63)32(20)55)11(25(48)26(17)49)10-7-3-5-8-4-1-2-6-9(8)10/h1-7H,47-67H2. The largest absolute Gasteiger partial charge is 0.457 e. The molecule has 0 aliphatic carbocycles. The lowest BCUT2D eigenvalue weighted by molar-refractivity contribution is 0.675. The molecule has 0 aliphatic rings. The number of furan rings is 1. The first-order valence-electron chi connectivity index (χ1n) is 25.0. The zero-order valence-electron chi connectivity index (χ0n) is 44.9. The van der Waals surface area contributed by atoms with Gasteiger partial charge in [0.25, 0.3) is 0 Å². The van der Waals surface area contributed by atoms with Crippen molar-refractivity contribution in [3.05, 3.63) is 42.5 Å². The van der Waals surface area contributed by atoms with Crippen molar-refractivity contribution in [3.8, 4) is 33.4 Å². The van der Waals surface area contributed by atoms with Gasteiger partial charge in [0.2, 0.25) is 0 Å². The molecule has 0 amide bonds. The summed E-state index contributed by atoms with van der Waals surface area (Å²) in [6.07, 6.45) is 0. The van der Waals surface area contributed by atoms with E-state index in [-0.39, 0.29) is 0 Å². The smallest absolute Gasteiger partial charge is 0.143 e. The quantitative estimate of drug-likeness (QED) is 0.128. The maximum absolute atomic E-state index is 7.06. The first-order chi connectivity index (χ1) is 32.1. The molecule has 0 bridgehead atoms. The van der Waals surface area contributed by atoms with Gasteiger partial charge in [0, 0.05) is 10.8 Å². The summed E-state index contributed by atoms with van der Waals surface area (Å²) in [5.74, 6) is 0. The molecule has 0 saturated carbocycles. The molecule has 1 aromatic heterocycles. The highest BCUT2D eigenvalue weighted by atomic mass is 16.3. The van der Waals surface area contributed by atoms with E-state index in [9.17, 15) is 0 Å². The second kappa shape index (κ2) is 16.1. The minimum Gasteiger partial charge on any atom is -0.457 e. The van der Waals surface area contributed by atoms with E-state index in [4.69, 9.17) is 4.42 Å². The molecule has 0 aliphatic heterocycles. The maximum atomic E-state index is 7.06. The van der Waals surface area contributed by atoms with E-state index in [0.29, 0.717) is 0 Å². The summed E-state index contributed by atoms with van der Waals surface area (Å²) in [5.41, 5.74) is 38.6. The van der Waals surface area contributed by atoms with Crippen LogP contribution >= 0.6 is 0 Å². The second-order valence-electron chi connectivity index (χ2n) is 21.3. The van der Waals surface area contributed by atoms with Gasteiger partial charge >= 0.3 is 0 Å². The Morgan fingerprint density at radius 3 is 1.00 bits per heavy atom. The van der Waals surface area contributed by atoms with Gasteiger partial charge in [-0.2, -0.15) is 0 Å². The van der Waals surface area contributed by atoms with Gasteiger partial charge in [-0.3, -0.25) is 0 Å². The van der Waals surface area contributed by atoms with Crippen molar-refractivity contribution in [3.63, 3.8) is 0 Å². The molecule has 22 heteroatoms. The van der Waals surface area contributed by atoms with E-state index < -0.39 is 0 Å². The Bertz CT molecular complexity index is 3960. The Morgan fingerprint density at radius 1 is 0.221 bits per heavy atom. The molecule has 0 fully saturated rings. The summed E-state index contributed by atoms with van der Waals surface area (Å²) in [5, 5.41) is 13.5. The molecule has 68 heavy (non-hydrogen) atoms. The predicted molar refractivity (Wildman–Crippen MR) is 372 cm³/mol. The first kappa shape index (κ1) is 46.9. The molecule has 302 valence electrons. The number of rotatable bonds is 3. The van der Waals surface area contributed by atoms with Crippen molar-refractivity contribution in [1.29, 1.82) is 0 Å². The van der Waals surface area contributed by atoms with Gasteiger partial charge in [-0.25, -0.2) is 0 Å². The summed E-state index contributed by atoms with van der Waals surface area (Å²) in [6.45, 7) is 0. The number of hydrogen-bond acceptors (Lipinski definition) is 1. The highest BCUT2D eigenvalue weighted by molar-refractivity contribution is 6.75. The van der Waals surface area contributed by atoms with E-state index in [1.165, 1.54) is 202 Å². The van der Waals surface area contributed by atoms with Crippen LogP contribution in [0.3, 0.4) is 0 Å². The minimum absolute atomic E-state index is 1.03. The van der Waals surface area contributed by atoms with Crippen molar-refractivity contribution in [1.82, 2.24) is 0 Å². The van der Waals surface area contributed by atoms with Gasteiger partial charge in [0.05, 0.1) is 0 Å². The molecule has 0 atom stereocenters. The Labute approximate surface area is 422 Å². The van der Waals surface area contributed by atoms with Crippen LogP contribution in [0, 0.1) is 0 Å². The lowest BCUT2D eigenvalue weighted by atomic mass is 9.56. The zero-order valence-corrected chi connectivity index (χ0v) is 44.9. The van der Waals surface area contributed by atoms with Gasteiger partial charge in [-0.15, -0.1) is 38.2 Å². The Balaban J connectivity index is 1.54. The molecule has 0 spiro atoms. The fourth-order valence-electron chi connectivity index (χ4n) is 13.1. The maximum Gasteiger partial charge on any atom is 0.143 e. The Morgan fingerprint density at radius 2 is 0.529 bits per heavy atom. The van der Waals surface area contributed by atoms with Crippen molar-refractivity contribution in [2.45, 2.75) is 0 Å². The van der Waals surface area contributed by atoms with Gasteiger partial charge in [0.1, 0.15) is 176 Å². The normalized spacial score (nSPS) is 11.9. The predicted octanol–water partition coefficient (Wildman–Crippen LogP) is -23.4. The van der Waals surface area contributed by atoms with E-state index in [2.05, 4.69) is 207 Å². The van der Waals surface area contributed by atoms with Crippen LogP contribution in [-0.2, 0) is 0 Å². The summed E-state index contributed by atoms with van der Waals surface area (Å²) < 4.78 is 7.06. The monoisotopic (exact) mass is 849 g/mol. The summed E-state index contributed by atoms with van der Waals surface area (Å²) >= 11 is 0. The van der Waals surface area contributed by atoms with Gasteiger partial charge in [0.15, 0.2) is 0 Å². The van der Waals surface area contributed by atoms with Crippen LogP contribution < -0.4 is 115 Å². The molecule has 10 rings (SSSR count). The number of hydrogen-bond donors (Lipinski definition) is 0. The third-order valence-electron chi connectivity index (χ3n) is 18.8.